The fourth-order valence-corrected chi connectivity index (χ4v) is 5.34. The number of hydrogen-bond acceptors (Lipinski definition) is 4. The highest BCUT2D eigenvalue weighted by molar-refractivity contribution is 7.89. The third-order valence-electron chi connectivity index (χ3n) is 5.43. The van der Waals surface area contributed by atoms with E-state index in [1.54, 1.807) is 0 Å². The van der Waals surface area contributed by atoms with Gasteiger partial charge in [-0.3, -0.25) is 9.59 Å². The zero-order valence-electron chi connectivity index (χ0n) is 15.2. The van der Waals surface area contributed by atoms with Crippen LogP contribution in [-0.4, -0.2) is 42.3 Å². The van der Waals surface area contributed by atoms with Gasteiger partial charge in [0.25, 0.3) is 5.56 Å². The first-order valence-corrected chi connectivity index (χ1v) is 10.8. The lowest BCUT2D eigenvalue weighted by atomic mass is 9.86. The van der Waals surface area contributed by atoms with Crippen LogP contribution in [0.25, 0.3) is 0 Å². The summed E-state index contributed by atoms with van der Waals surface area (Å²) < 4.78 is 27.9. The van der Waals surface area contributed by atoms with E-state index in [0.717, 1.165) is 32.1 Å². The molecule has 0 bridgehead atoms. The molecular weight excluding hydrogens is 354 g/mol. The second-order valence-corrected chi connectivity index (χ2v) is 9.32. The first kappa shape index (κ1) is 19.1. The van der Waals surface area contributed by atoms with Gasteiger partial charge in [-0.2, -0.15) is 4.31 Å². The number of amides is 1. The Balaban J connectivity index is 1.73. The van der Waals surface area contributed by atoms with Crippen LogP contribution in [0.4, 0.5) is 0 Å². The third-order valence-corrected chi connectivity index (χ3v) is 7.31. The second kappa shape index (κ2) is 7.92. The molecule has 2 atom stereocenters. The molecule has 0 aromatic carbocycles. The molecule has 1 N–H and O–H groups in total. The van der Waals surface area contributed by atoms with E-state index in [-0.39, 0.29) is 28.9 Å². The van der Waals surface area contributed by atoms with Crippen LogP contribution in [0.15, 0.2) is 28.0 Å². The number of carbonyl (C=O) groups is 1. The van der Waals surface area contributed by atoms with Crippen molar-refractivity contribution in [2.45, 2.75) is 62.9 Å². The smallest absolute Gasteiger partial charge is 0.251 e. The normalized spacial score (nSPS) is 24.5. The van der Waals surface area contributed by atoms with Crippen molar-refractivity contribution < 1.29 is 13.2 Å². The maximum atomic E-state index is 12.7. The molecule has 7 nitrogen and oxygen atoms in total. The Bertz CT molecular complexity index is 812. The zero-order chi connectivity index (χ0) is 18.7. The fourth-order valence-electron chi connectivity index (χ4n) is 3.80. The van der Waals surface area contributed by atoms with Gasteiger partial charge < -0.3 is 9.88 Å². The van der Waals surface area contributed by atoms with Crippen molar-refractivity contribution in [3.05, 3.63) is 28.7 Å². The highest BCUT2D eigenvalue weighted by Gasteiger charge is 2.28. The van der Waals surface area contributed by atoms with Crippen LogP contribution >= 0.6 is 0 Å². The van der Waals surface area contributed by atoms with Gasteiger partial charge >= 0.3 is 0 Å². The summed E-state index contributed by atoms with van der Waals surface area (Å²) in [6.45, 7) is 2.97. The Morgan fingerprint density at radius 2 is 1.85 bits per heavy atom. The predicted octanol–water partition coefficient (Wildman–Crippen LogP) is 1.33. The zero-order valence-corrected chi connectivity index (χ0v) is 16.0. The van der Waals surface area contributed by atoms with Crippen molar-refractivity contribution in [3.63, 3.8) is 0 Å². The van der Waals surface area contributed by atoms with E-state index in [9.17, 15) is 18.0 Å². The van der Waals surface area contributed by atoms with Gasteiger partial charge in [0.15, 0.2) is 0 Å². The predicted molar refractivity (Wildman–Crippen MR) is 98.3 cm³/mol. The summed E-state index contributed by atoms with van der Waals surface area (Å²) >= 11 is 0. The summed E-state index contributed by atoms with van der Waals surface area (Å²) in [5.41, 5.74) is -0.378. The van der Waals surface area contributed by atoms with E-state index < -0.39 is 10.0 Å². The molecule has 1 saturated carbocycles. The highest BCUT2D eigenvalue weighted by Crippen LogP contribution is 2.23. The Morgan fingerprint density at radius 3 is 2.54 bits per heavy atom. The number of pyridine rings is 1. The molecule has 1 aliphatic carbocycles. The van der Waals surface area contributed by atoms with Gasteiger partial charge in [-0.25, -0.2) is 8.42 Å². The van der Waals surface area contributed by atoms with E-state index in [2.05, 4.69) is 12.2 Å². The molecule has 1 aromatic rings. The number of rotatable bonds is 5. The molecule has 144 valence electrons. The van der Waals surface area contributed by atoms with Crippen LogP contribution in [0, 0.1) is 5.92 Å². The van der Waals surface area contributed by atoms with Crippen molar-refractivity contribution >= 4 is 15.9 Å². The summed E-state index contributed by atoms with van der Waals surface area (Å²) in [7, 11) is -3.61. The van der Waals surface area contributed by atoms with Crippen molar-refractivity contribution in [1.29, 1.82) is 0 Å². The van der Waals surface area contributed by atoms with Crippen molar-refractivity contribution in [1.82, 2.24) is 14.2 Å². The van der Waals surface area contributed by atoms with Crippen LogP contribution in [0.2, 0.25) is 0 Å². The molecule has 1 saturated heterocycles. The largest absolute Gasteiger partial charge is 0.352 e. The minimum Gasteiger partial charge on any atom is -0.352 e. The average molecular weight is 381 g/mol. The van der Waals surface area contributed by atoms with Gasteiger partial charge in [0.05, 0.1) is 4.90 Å². The quantitative estimate of drug-likeness (QED) is 0.833. The van der Waals surface area contributed by atoms with E-state index in [0.29, 0.717) is 19.0 Å². The van der Waals surface area contributed by atoms with Gasteiger partial charge in [-0.15, -0.1) is 0 Å². The van der Waals surface area contributed by atoms with Crippen LogP contribution in [0.3, 0.4) is 0 Å². The van der Waals surface area contributed by atoms with Gasteiger partial charge in [0.1, 0.15) is 6.54 Å². The molecule has 8 heteroatoms. The molecule has 2 aliphatic rings. The first-order valence-electron chi connectivity index (χ1n) is 9.38. The molecule has 0 spiro atoms. The van der Waals surface area contributed by atoms with Crippen LogP contribution < -0.4 is 10.9 Å². The maximum absolute atomic E-state index is 12.7. The molecule has 1 aromatic heterocycles. The lowest BCUT2D eigenvalue weighted by molar-refractivity contribution is -0.123. The molecular formula is C18H27N3O4S. The fraction of sp³-hybridized carbons (Fsp3) is 0.667. The van der Waals surface area contributed by atoms with E-state index in [1.807, 2.05) is 0 Å². The minimum absolute atomic E-state index is 0.0674. The summed E-state index contributed by atoms with van der Waals surface area (Å²) in [6.07, 6.45) is 7.31. The van der Waals surface area contributed by atoms with Crippen LogP contribution in [-0.2, 0) is 21.4 Å². The second-order valence-electron chi connectivity index (χ2n) is 7.38. The molecule has 2 fully saturated rings. The monoisotopic (exact) mass is 381 g/mol. The average Bonchev–Trinajstić information content (AvgIpc) is 3.14. The Hall–Kier alpha value is -1.67. The molecule has 0 unspecified atom stereocenters. The molecule has 0 radical (unpaired) electrons. The SMILES string of the molecule is C[C@H]1CCCC[C@@H]1NC(=O)Cn1cc(S(=O)(=O)N2CCCC2)ccc1=O. The van der Waals surface area contributed by atoms with Gasteiger partial charge in [-0.05, 0) is 37.7 Å². The Kier molecular flexibility index (Phi) is 5.82. The minimum atomic E-state index is -3.61. The summed E-state index contributed by atoms with van der Waals surface area (Å²) in [6, 6.07) is 2.68. The van der Waals surface area contributed by atoms with Crippen molar-refractivity contribution in [2.75, 3.05) is 13.1 Å². The van der Waals surface area contributed by atoms with E-state index in [4.69, 9.17) is 0 Å². The number of nitrogens with one attached hydrogen (secondary N) is 1. The van der Waals surface area contributed by atoms with Crippen LogP contribution in [0.1, 0.15) is 45.4 Å². The van der Waals surface area contributed by atoms with Gasteiger partial charge in [0, 0.05) is 31.4 Å². The van der Waals surface area contributed by atoms with E-state index in [1.165, 1.54) is 33.6 Å². The molecule has 1 aliphatic heterocycles. The molecule has 26 heavy (non-hydrogen) atoms. The van der Waals surface area contributed by atoms with Crippen molar-refractivity contribution in [2.24, 2.45) is 5.92 Å². The standard InChI is InChI=1S/C18H27N3O4S/c1-14-6-2-3-7-16(14)19-17(22)13-20-12-15(8-9-18(20)23)26(24,25)21-10-4-5-11-21/h8-9,12,14,16H,2-7,10-11,13H2,1H3,(H,19,22)/t14-,16-/m0/s1. The lowest BCUT2D eigenvalue weighted by Crippen LogP contribution is -2.43. The summed E-state index contributed by atoms with van der Waals surface area (Å²) in [4.78, 5) is 24.5. The number of carbonyl (C=O) groups excluding carboxylic acids is 1. The number of hydrogen-bond donors (Lipinski definition) is 1. The Morgan fingerprint density at radius 1 is 1.15 bits per heavy atom. The topological polar surface area (TPSA) is 88.5 Å². The van der Waals surface area contributed by atoms with Gasteiger partial charge in [0.2, 0.25) is 15.9 Å². The van der Waals surface area contributed by atoms with Gasteiger partial charge in [-0.1, -0.05) is 19.8 Å². The molecule has 2 heterocycles. The summed E-state index contributed by atoms with van der Waals surface area (Å²) in [5.74, 6) is 0.174. The lowest BCUT2D eigenvalue weighted by Gasteiger charge is -2.29. The Labute approximate surface area is 154 Å². The molecule has 1 amide bonds. The van der Waals surface area contributed by atoms with E-state index >= 15 is 0 Å². The highest BCUT2D eigenvalue weighted by atomic mass is 32.2. The maximum Gasteiger partial charge on any atom is 0.251 e. The van der Waals surface area contributed by atoms with Crippen molar-refractivity contribution in [3.8, 4) is 0 Å². The van der Waals surface area contributed by atoms with Crippen LogP contribution in [0.5, 0.6) is 0 Å². The molecule has 3 rings (SSSR count). The number of aromatic nitrogens is 1. The first-order chi connectivity index (χ1) is 12.4. The summed E-state index contributed by atoms with van der Waals surface area (Å²) in [5, 5.41) is 3.00. The number of nitrogens with zero attached hydrogens (tertiary/aromatic N) is 2. The number of sulfonamides is 1. The third kappa shape index (κ3) is 4.17.